The maximum atomic E-state index is 5.52. The van der Waals surface area contributed by atoms with Gasteiger partial charge in [0.25, 0.3) is 0 Å². The lowest BCUT2D eigenvalue weighted by Gasteiger charge is -2.41. The van der Waals surface area contributed by atoms with Crippen LogP contribution in [0, 0.1) is 0 Å². The van der Waals surface area contributed by atoms with Crippen LogP contribution in [0.1, 0.15) is 44.2 Å². The number of piperidine rings is 1. The highest BCUT2D eigenvalue weighted by molar-refractivity contribution is 5.98. The fraction of sp³-hybridized carbons (Fsp3) is 0.429. The van der Waals surface area contributed by atoms with Crippen molar-refractivity contribution in [1.29, 1.82) is 0 Å². The summed E-state index contributed by atoms with van der Waals surface area (Å²) in [6, 6.07) is 11.2. The number of hydrogen-bond donors (Lipinski definition) is 1. The molecule has 1 aromatic carbocycles. The summed E-state index contributed by atoms with van der Waals surface area (Å²) in [6.45, 7) is 8.24. The number of fused-ring (bicyclic) bond motifs is 1. The molecule has 0 atom stereocenters. The van der Waals surface area contributed by atoms with Gasteiger partial charge in [0.2, 0.25) is 0 Å². The number of anilines is 4. The van der Waals surface area contributed by atoms with Crippen LogP contribution < -0.4 is 15.1 Å². The Balaban J connectivity index is 1.24. The molecule has 2 aliphatic rings. The summed E-state index contributed by atoms with van der Waals surface area (Å²) in [4.78, 5) is 14.2. The van der Waals surface area contributed by atoms with E-state index in [0.29, 0.717) is 18.1 Å². The Kier molecular flexibility index (Phi) is 6.38. The lowest BCUT2D eigenvalue weighted by atomic mass is 9.94. The summed E-state index contributed by atoms with van der Waals surface area (Å²) in [6.07, 6.45) is 9.96. The van der Waals surface area contributed by atoms with Gasteiger partial charge >= 0.3 is 0 Å². The molecule has 0 aliphatic carbocycles. The monoisotopic (exact) mass is 498 g/mol. The van der Waals surface area contributed by atoms with E-state index in [0.717, 1.165) is 56.3 Å². The Morgan fingerprint density at radius 1 is 0.973 bits per heavy atom. The van der Waals surface area contributed by atoms with Crippen molar-refractivity contribution >= 4 is 33.8 Å². The minimum atomic E-state index is 0.351. The molecule has 0 radical (unpaired) electrons. The predicted octanol–water partition coefficient (Wildman–Crippen LogP) is 4.76. The molecule has 9 heteroatoms. The first-order valence-corrected chi connectivity index (χ1v) is 13.1. The van der Waals surface area contributed by atoms with Crippen LogP contribution in [-0.4, -0.2) is 64.4 Å². The van der Waals surface area contributed by atoms with Crippen molar-refractivity contribution < 1.29 is 4.74 Å². The van der Waals surface area contributed by atoms with Gasteiger partial charge in [-0.3, -0.25) is 0 Å². The molecule has 0 saturated carbocycles. The van der Waals surface area contributed by atoms with Gasteiger partial charge in [0.15, 0.2) is 0 Å². The molecule has 192 valence electrons. The number of methoxy groups -OCH3 is 1. The summed E-state index contributed by atoms with van der Waals surface area (Å²) in [7, 11) is 1.80. The standard InChI is InChI=1S/C28H34N8O/c1-19(2)23-4-5-26(35-17-21(18-35)36-13-10-31-33-36)25-16-30-27(15-24(23)25)32-20-6-9-29-28(14-20)34-11-7-22(37-3)8-12-34/h4-6,9-10,13-16,19,21-22H,7-8,11-12,17-18H2,1-3H3,(H,29,30,32). The Hall–Kier alpha value is -3.72. The van der Waals surface area contributed by atoms with E-state index in [1.165, 1.54) is 22.0 Å². The minimum absolute atomic E-state index is 0.351. The van der Waals surface area contributed by atoms with Crippen molar-refractivity contribution in [2.75, 3.05) is 48.4 Å². The summed E-state index contributed by atoms with van der Waals surface area (Å²) >= 11 is 0. The van der Waals surface area contributed by atoms with Gasteiger partial charge in [-0.1, -0.05) is 25.1 Å². The lowest BCUT2D eigenvalue weighted by molar-refractivity contribution is 0.0818. The van der Waals surface area contributed by atoms with Gasteiger partial charge in [-0.2, -0.15) is 0 Å². The smallest absolute Gasteiger partial charge is 0.130 e. The molecule has 5 heterocycles. The van der Waals surface area contributed by atoms with Crippen LogP contribution in [0.25, 0.3) is 10.8 Å². The second kappa shape index (κ2) is 9.97. The number of pyridine rings is 2. The maximum Gasteiger partial charge on any atom is 0.130 e. The van der Waals surface area contributed by atoms with E-state index in [1.807, 2.05) is 29.3 Å². The first kappa shape index (κ1) is 23.7. The van der Waals surface area contributed by atoms with E-state index < -0.39 is 0 Å². The van der Waals surface area contributed by atoms with Crippen LogP contribution in [0.15, 0.2) is 55.1 Å². The average Bonchev–Trinajstić information content (AvgIpc) is 3.42. The van der Waals surface area contributed by atoms with Gasteiger partial charge in [0, 0.05) is 74.7 Å². The third kappa shape index (κ3) is 4.71. The van der Waals surface area contributed by atoms with Crippen LogP contribution in [0.2, 0.25) is 0 Å². The molecule has 4 aromatic rings. The number of aromatic nitrogens is 5. The van der Waals surface area contributed by atoms with Crippen LogP contribution in [0.5, 0.6) is 0 Å². The van der Waals surface area contributed by atoms with Crippen LogP contribution in [-0.2, 0) is 4.74 Å². The third-order valence-electron chi connectivity index (χ3n) is 7.67. The molecule has 0 amide bonds. The van der Waals surface area contributed by atoms with Crippen LogP contribution >= 0.6 is 0 Å². The summed E-state index contributed by atoms with van der Waals surface area (Å²) in [5.74, 6) is 2.24. The summed E-state index contributed by atoms with van der Waals surface area (Å²) < 4.78 is 7.47. The van der Waals surface area contributed by atoms with Crippen molar-refractivity contribution in [1.82, 2.24) is 25.0 Å². The van der Waals surface area contributed by atoms with Crippen LogP contribution in [0.4, 0.5) is 23.0 Å². The quantitative estimate of drug-likeness (QED) is 0.390. The predicted molar refractivity (Wildman–Crippen MR) is 147 cm³/mol. The molecular formula is C28H34N8O. The zero-order valence-corrected chi connectivity index (χ0v) is 21.7. The second-order valence-electron chi connectivity index (χ2n) is 10.3. The zero-order valence-electron chi connectivity index (χ0n) is 21.7. The highest BCUT2D eigenvalue weighted by atomic mass is 16.5. The third-order valence-corrected chi connectivity index (χ3v) is 7.67. The molecule has 1 N–H and O–H groups in total. The van der Waals surface area contributed by atoms with Crippen molar-refractivity contribution in [3.05, 3.63) is 60.7 Å². The number of nitrogens with zero attached hydrogens (tertiary/aromatic N) is 7. The van der Waals surface area contributed by atoms with E-state index >= 15 is 0 Å². The van der Waals surface area contributed by atoms with Gasteiger partial charge in [0.1, 0.15) is 11.6 Å². The topological polar surface area (TPSA) is 84.2 Å². The second-order valence-corrected chi connectivity index (χ2v) is 10.3. The molecule has 0 bridgehead atoms. The number of rotatable bonds is 7. The van der Waals surface area contributed by atoms with E-state index in [-0.39, 0.29) is 0 Å². The fourth-order valence-electron chi connectivity index (χ4n) is 5.46. The Morgan fingerprint density at radius 3 is 2.54 bits per heavy atom. The van der Waals surface area contributed by atoms with Gasteiger partial charge in [0.05, 0.1) is 18.3 Å². The molecule has 2 fully saturated rings. The normalized spacial score (nSPS) is 17.0. The molecule has 37 heavy (non-hydrogen) atoms. The Labute approximate surface area is 217 Å². The largest absolute Gasteiger partial charge is 0.381 e. The Morgan fingerprint density at radius 2 is 1.81 bits per heavy atom. The molecular weight excluding hydrogens is 464 g/mol. The van der Waals surface area contributed by atoms with Crippen molar-refractivity contribution in [2.45, 2.75) is 44.8 Å². The van der Waals surface area contributed by atoms with Gasteiger partial charge in [-0.05, 0) is 47.9 Å². The van der Waals surface area contributed by atoms with E-state index in [2.05, 4.69) is 68.5 Å². The lowest BCUT2D eigenvalue weighted by Crippen LogP contribution is -2.48. The van der Waals surface area contributed by atoms with E-state index in [4.69, 9.17) is 9.72 Å². The van der Waals surface area contributed by atoms with Crippen molar-refractivity contribution in [2.24, 2.45) is 0 Å². The molecule has 2 aliphatic heterocycles. The molecule has 9 nitrogen and oxygen atoms in total. The fourth-order valence-corrected chi connectivity index (χ4v) is 5.46. The number of benzene rings is 1. The van der Waals surface area contributed by atoms with Crippen molar-refractivity contribution in [3.8, 4) is 0 Å². The average molecular weight is 499 g/mol. The van der Waals surface area contributed by atoms with Gasteiger partial charge < -0.3 is 19.9 Å². The van der Waals surface area contributed by atoms with Gasteiger partial charge in [-0.25, -0.2) is 14.6 Å². The maximum absolute atomic E-state index is 5.52. The first-order chi connectivity index (χ1) is 18.1. The highest BCUT2D eigenvalue weighted by Gasteiger charge is 2.30. The minimum Gasteiger partial charge on any atom is -0.381 e. The zero-order chi connectivity index (χ0) is 25.4. The first-order valence-electron chi connectivity index (χ1n) is 13.1. The summed E-state index contributed by atoms with van der Waals surface area (Å²) in [5.41, 5.74) is 3.54. The molecule has 0 unspecified atom stereocenters. The summed E-state index contributed by atoms with van der Waals surface area (Å²) in [5, 5.41) is 14.1. The van der Waals surface area contributed by atoms with Crippen molar-refractivity contribution in [3.63, 3.8) is 0 Å². The molecule has 6 rings (SSSR count). The number of nitrogens with one attached hydrogen (secondary N) is 1. The molecule has 3 aromatic heterocycles. The number of hydrogen-bond acceptors (Lipinski definition) is 8. The molecule has 2 saturated heterocycles. The SMILES string of the molecule is COC1CCN(c2cc(Nc3cc4c(C(C)C)ccc(N5CC(n6ccnn6)C5)c4cn3)ccn2)CC1. The highest BCUT2D eigenvalue weighted by Crippen LogP contribution is 2.37. The van der Waals surface area contributed by atoms with E-state index in [1.54, 1.807) is 13.3 Å². The number of ether oxygens (including phenoxy) is 1. The Bertz CT molecular complexity index is 1360. The molecule has 0 spiro atoms. The van der Waals surface area contributed by atoms with E-state index in [9.17, 15) is 0 Å². The van der Waals surface area contributed by atoms with Crippen LogP contribution in [0.3, 0.4) is 0 Å². The van der Waals surface area contributed by atoms with Gasteiger partial charge in [-0.15, -0.1) is 5.10 Å².